The third-order valence-electron chi connectivity index (χ3n) is 3.90. The van der Waals surface area contributed by atoms with Crippen molar-refractivity contribution in [3.8, 4) is 11.5 Å². The van der Waals surface area contributed by atoms with E-state index in [9.17, 15) is 24.6 Å². The van der Waals surface area contributed by atoms with Gasteiger partial charge in [-0.05, 0) is 18.2 Å². The molecule has 9 heteroatoms. The Morgan fingerprint density at radius 2 is 1.48 bits per heavy atom. The first-order valence-electron chi connectivity index (χ1n) is 7.61. The molecular weight excluding hydrogens is 328 g/mol. The summed E-state index contributed by atoms with van der Waals surface area (Å²) >= 11 is 0. The predicted molar refractivity (Wildman–Crippen MR) is 86.4 cm³/mol. The molecule has 9 nitrogen and oxygen atoms in total. The molecule has 0 atom stereocenters. The van der Waals surface area contributed by atoms with Crippen LogP contribution in [0.2, 0.25) is 0 Å². The molecule has 1 aliphatic rings. The number of benzene rings is 1. The molecule has 0 radical (unpaired) electrons. The van der Waals surface area contributed by atoms with Gasteiger partial charge in [0.1, 0.15) is 17.2 Å². The molecule has 25 heavy (non-hydrogen) atoms. The molecule has 0 saturated carbocycles. The van der Waals surface area contributed by atoms with Gasteiger partial charge in [0.2, 0.25) is 0 Å². The van der Waals surface area contributed by atoms with Crippen LogP contribution in [-0.2, 0) is 0 Å². The number of aromatic hydroxyl groups is 2. The number of carbonyl (C=O) groups excluding carboxylic acids is 2. The van der Waals surface area contributed by atoms with Gasteiger partial charge >= 0.3 is 0 Å². The van der Waals surface area contributed by atoms with E-state index in [4.69, 9.17) is 0 Å². The van der Waals surface area contributed by atoms with Crippen LogP contribution in [0.3, 0.4) is 0 Å². The summed E-state index contributed by atoms with van der Waals surface area (Å²) in [5.41, 5.74) is -0.0711. The van der Waals surface area contributed by atoms with Crippen LogP contribution < -0.4 is 5.56 Å². The maximum atomic E-state index is 12.4. The minimum absolute atomic E-state index is 0.136. The largest absolute Gasteiger partial charge is 0.508 e. The van der Waals surface area contributed by atoms with Gasteiger partial charge in [-0.2, -0.15) is 5.10 Å². The lowest BCUT2D eigenvalue weighted by atomic mass is 10.1. The van der Waals surface area contributed by atoms with Crippen LogP contribution in [0.1, 0.15) is 20.8 Å². The van der Waals surface area contributed by atoms with E-state index in [2.05, 4.69) is 10.2 Å². The quantitative estimate of drug-likeness (QED) is 0.691. The van der Waals surface area contributed by atoms with Crippen LogP contribution >= 0.6 is 0 Å². The number of amides is 2. The van der Waals surface area contributed by atoms with E-state index in [1.54, 1.807) is 4.90 Å². The van der Waals surface area contributed by atoms with Crippen molar-refractivity contribution in [1.82, 2.24) is 20.0 Å². The number of rotatable bonds is 2. The number of phenolic OH excluding ortho intramolecular Hbond substituents is 2. The van der Waals surface area contributed by atoms with Crippen molar-refractivity contribution in [2.24, 2.45) is 0 Å². The van der Waals surface area contributed by atoms with Gasteiger partial charge in [0.05, 0.1) is 0 Å². The summed E-state index contributed by atoms with van der Waals surface area (Å²) < 4.78 is 0. The number of nitrogens with one attached hydrogen (secondary N) is 1. The van der Waals surface area contributed by atoms with Gasteiger partial charge in [0.25, 0.3) is 17.4 Å². The fourth-order valence-electron chi connectivity index (χ4n) is 2.64. The van der Waals surface area contributed by atoms with Crippen molar-refractivity contribution in [2.45, 2.75) is 0 Å². The lowest BCUT2D eigenvalue weighted by molar-refractivity contribution is 0.0531. The first-order valence-corrected chi connectivity index (χ1v) is 7.61. The van der Waals surface area contributed by atoms with Crippen LogP contribution in [0, 0.1) is 0 Å². The predicted octanol–water partition coefficient (Wildman–Crippen LogP) is -0.221. The Kier molecular flexibility index (Phi) is 4.38. The Hall–Kier alpha value is -3.36. The van der Waals surface area contributed by atoms with E-state index in [1.807, 2.05) is 0 Å². The molecule has 0 bridgehead atoms. The fraction of sp³-hybridized carbons (Fsp3) is 0.250. The summed E-state index contributed by atoms with van der Waals surface area (Å²) in [6, 6.07) is 6.29. The number of nitrogens with zero attached hydrogens (tertiary/aromatic N) is 3. The first-order chi connectivity index (χ1) is 11.9. The zero-order valence-electron chi connectivity index (χ0n) is 13.2. The number of carbonyl (C=O) groups is 2. The van der Waals surface area contributed by atoms with Crippen LogP contribution in [0.15, 0.2) is 35.1 Å². The lowest BCUT2D eigenvalue weighted by Crippen LogP contribution is -2.50. The number of hydrogen-bond donors (Lipinski definition) is 3. The van der Waals surface area contributed by atoms with Gasteiger partial charge in [-0.25, -0.2) is 5.10 Å². The number of piperazine rings is 1. The highest BCUT2D eigenvalue weighted by Gasteiger charge is 2.26. The Bertz CT molecular complexity index is 830. The normalized spacial score (nSPS) is 14.4. The zero-order chi connectivity index (χ0) is 18.0. The monoisotopic (exact) mass is 344 g/mol. The molecule has 0 aliphatic carbocycles. The van der Waals surface area contributed by atoms with Crippen LogP contribution in [0.5, 0.6) is 11.5 Å². The standard InChI is InChI=1S/C16H16N4O5/c21-11-7-10(8-12(22)9-11)15(24)19-3-5-20(6-4-19)16(25)13-1-2-14(23)18-17-13/h1-2,7-9,21-22H,3-6H2,(H,18,23). The third-order valence-corrected chi connectivity index (χ3v) is 3.90. The highest BCUT2D eigenvalue weighted by molar-refractivity contribution is 5.96. The maximum absolute atomic E-state index is 12.4. The second-order valence-corrected chi connectivity index (χ2v) is 5.63. The Balaban J connectivity index is 1.65. The average molecular weight is 344 g/mol. The summed E-state index contributed by atoms with van der Waals surface area (Å²) in [7, 11) is 0. The minimum atomic E-state index is -0.388. The molecule has 1 fully saturated rings. The fourth-order valence-corrected chi connectivity index (χ4v) is 2.64. The molecule has 0 spiro atoms. The topological polar surface area (TPSA) is 127 Å². The van der Waals surface area contributed by atoms with E-state index in [1.165, 1.54) is 29.2 Å². The molecule has 1 aliphatic heterocycles. The summed E-state index contributed by atoms with van der Waals surface area (Å²) in [5.74, 6) is -1.04. The van der Waals surface area contributed by atoms with Gasteiger partial charge in [-0.3, -0.25) is 14.4 Å². The molecule has 1 saturated heterocycles. The van der Waals surface area contributed by atoms with Crippen molar-refractivity contribution in [2.75, 3.05) is 26.2 Å². The van der Waals surface area contributed by atoms with Crippen molar-refractivity contribution < 1.29 is 19.8 Å². The van der Waals surface area contributed by atoms with E-state index in [-0.39, 0.29) is 40.1 Å². The second kappa shape index (κ2) is 6.63. The molecule has 3 rings (SSSR count). The number of hydrogen-bond acceptors (Lipinski definition) is 6. The summed E-state index contributed by atoms with van der Waals surface area (Å²) in [6.07, 6.45) is 0. The number of phenols is 2. The first kappa shape index (κ1) is 16.5. The molecule has 0 unspecified atom stereocenters. The summed E-state index contributed by atoms with van der Waals surface area (Å²) in [4.78, 5) is 38.8. The third kappa shape index (κ3) is 3.60. The molecule has 3 N–H and O–H groups in total. The van der Waals surface area contributed by atoms with Gasteiger partial charge in [-0.15, -0.1) is 0 Å². The molecule has 1 aromatic heterocycles. The van der Waals surface area contributed by atoms with Crippen LogP contribution in [0.25, 0.3) is 0 Å². The van der Waals surface area contributed by atoms with Gasteiger partial charge in [0.15, 0.2) is 0 Å². The van der Waals surface area contributed by atoms with Crippen molar-refractivity contribution in [1.29, 1.82) is 0 Å². The van der Waals surface area contributed by atoms with Crippen LogP contribution in [-0.4, -0.2) is 68.2 Å². The SMILES string of the molecule is O=C(c1cc(O)cc(O)c1)N1CCN(C(=O)c2ccc(=O)[nH]n2)CC1. The van der Waals surface area contributed by atoms with Crippen molar-refractivity contribution in [3.05, 3.63) is 51.9 Å². The molecule has 2 amide bonds. The van der Waals surface area contributed by atoms with Gasteiger partial charge < -0.3 is 20.0 Å². The Labute approximate surface area is 142 Å². The Morgan fingerprint density at radius 3 is 2.00 bits per heavy atom. The smallest absolute Gasteiger partial charge is 0.274 e. The van der Waals surface area contributed by atoms with E-state index in [0.29, 0.717) is 26.2 Å². The molecule has 1 aromatic carbocycles. The molecule has 130 valence electrons. The highest BCUT2D eigenvalue weighted by Crippen LogP contribution is 2.22. The molecule has 2 aromatic rings. The van der Waals surface area contributed by atoms with Crippen molar-refractivity contribution in [3.63, 3.8) is 0 Å². The molecule has 2 heterocycles. The van der Waals surface area contributed by atoms with E-state index in [0.717, 1.165) is 6.07 Å². The summed E-state index contributed by atoms with van der Waals surface area (Å²) in [5, 5.41) is 24.9. The lowest BCUT2D eigenvalue weighted by Gasteiger charge is -2.34. The minimum Gasteiger partial charge on any atom is -0.508 e. The number of aromatic nitrogens is 2. The maximum Gasteiger partial charge on any atom is 0.274 e. The van der Waals surface area contributed by atoms with Crippen molar-refractivity contribution >= 4 is 11.8 Å². The summed E-state index contributed by atoms with van der Waals surface area (Å²) in [6.45, 7) is 1.25. The number of H-pyrrole nitrogens is 1. The average Bonchev–Trinajstić information content (AvgIpc) is 2.60. The van der Waals surface area contributed by atoms with Gasteiger partial charge in [-0.1, -0.05) is 0 Å². The Morgan fingerprint density at radius 1 is 0.920 bits per heavy atom. The van der Waals surface area contributed by atoms with E-state index >= 15 is 0 Å². The number of aromatic amines is 1. The van der Waals surface area contributed by atoms with Crippen LogP contribution in [0.4, 0.5) is 0 Å². The molecular formula is C16H16N4O5. The zero-order valence-corrected chi connectivity index (χ0v) is 13.2. The second-order valence-electron chi connectivity index (χ2n) is 5.63. The highest BCUT2D eigenvalue weighted by atomic mass is 16.3. The van der Waals surface area contributed by atoms with Gasteiger partial charge in [0, 0.05) is 43.9 Å². The van der Waals surface area contributed by atoms with E-state index < -0.39 is 0 Å².